The number of amides is 2. The third kappa shape index (κ3) is 3.82. The molecule has 112 valence electrons. The van der Waals surface area contributed by atoms with Gasteiger partial charge in [0.05, 0.1) is 6.61 Å². The number of H-pyrrole nitrogens is 1. The van der Waals surface area contributed by atoms with Gasteiger partial charge in [0.15, 0.2) is 0 Å². The molecule has 6 nitrogen and oxygen atoms in total. The van der Waals surface area contributed by atoms with Crippen molar-refractivity contribution in [2.75, 3.05) is 13.2 Å². The number of aromatic nitrogens is 1. The van der Waals surface area contributed by atoms with Crippen LogP contribution in [0, 0.1) is 0 Å². The lowest BCUT2D eigenvalue weighted by molar-refractivity contribution is -0.128. The summed E-state index contributed by atoms with van der Waals surface area (Å²) in [6, 6.07) is 7.13. The van der Waals surface area contributed by atoms with Gasteiger partial charge in [-0.2, -0.15) is 0 Å². The van der Waals surface area contributed by atoms with Crippen molar-refractivity contribution in [1.82, 2.24) is 15.6 Å². The van der Waals surface area contributed by atoms with Crippen molar-refractivity contribution in [3.63, 3.8) is 0 Å². The number of nitrogens with one attached hydrogen (secondary N) is 3. The van der Waals surface area contributed by atoms with Gasteiger partial charge >= 0.3 is 0 Å². The maximum atomic E-state index is 12.1. The Morgan fingerprint density at radius 2 is 2.10 bits per heavy atom. The fourth-order valence-corrected chi connectivity index (χ4v) is 2.28. The maximum absolute atomic E-state index is 12.1. The van der Waals surface area contributed by atoms with Crippen LogP contribution in [0.25, 0.3) is 10.9 Å². The minimum Gasteiger partial charge on any atom is -0.395 e. The van der Waals surface area contributed by atoms with Crippen LogP contribution in [0.4, 0.5) is 0 Å². The Kier molecular flexibility index (Phi) is 4.94. The smallest absolute Gasteiger partial charge is 0.243 e. The second-order valence-electron chi connectivity index (χ2n) is 4.83. The number of hydrogen-bond acceptors (Lipinski definition) is 3. The maximum Gasteiger partial charge on any atom is 0.243 e. The summed E-state index contributed by atoms with van der Waals surface area (Å²) in [6.45, 7) is 1.41. The monoisotopic (exact) mass is 289 g/mol. The first-order chi connectivity index (χ1) is 10.1. The van der Waals surface area contributed by atoms with E-state index in [1.165, 1.54) is 6.92 Å². The molecule has 0 fully saturated rings. The highest BCUT2D eigenvalue weighted by Gasteiger charge is 2.20. The van der Waals surface area contributed by atoms with Gasteiger partial charge in [0.2, 0.25) is 11.8 Å². The Hall–Kier alpha value is -2.34. The van der Waals surface area contributed by atoms with Crippen molar-refractivity contribution in [1.29, 1.82) is 0 Å². The lowest BCUT2D eigenvalue weighted by Gasteiger charge is -2.17. The molecule has 1 aromatic carbocycles. The Bertz CT molecular complexity index is 636. The Labute approximate surface area is 122 Å². The third-order valence-corrected chi connectivity index (χ3v) is 3.20. The molecule has 1 heterocycles. The van der Waals surface area contributed by atoms with Gasteiger partial charge in [-0.25, -0.2) is 0 Å². The zero-order valence-electron chi connectivity index (χ0n) is 11.8. The predicted octanol–water partition coefficient (Wildman–Crippen LogP) is 0.324. The van der Waals surface area contributed by atoms with Gasteiger partial charge in [0, 0.05) is 37.0 Å². The highest BCUT2D eigenvalue weighted by atomic mass is 16.3. The van der Waals surface area contributed by atoms with Crippen LogP contribution in [0.5, 0.6) is 0 Å². The van der Waals surface area contributed by atoms with E-state index in [0.29, 0.717) is 6.42 Å². The number of aliphatic hydroxyl groups is 1. The van der Waals surface area contributed by atoms with E-state index in [1.54, 1.807) is 0 Å². The van der Waals surface area contributed by atoms with E-state index in [0.717, 1.165) is 16.5 Å². The van der Waals surface area contributed by atoms with Crippen LogP contribution in [-0.2, 0) is 16.0 Å². The number of benzene rings is 1. The Balaban J connectivity index is 2.17. The summed E-state index contributed by atoms with van der Waals surface area (Å²) in [5.41, 5.74) is 1.95. The van der Waals surface area contributed by atoms with Crippen LogP contribution in [0.2, 0.25) is 0 Å². The molecule has 0 radical (unpaired) electrons. The molecule has 2 aromatic rings. The Morgan fingerprint density at radius 3 is 2.81 bits per heavy atom. The van der Waals surface area contributed by atoms with Crippen LogP contribution in [0.3, 0.4) is 0 Å². The van der Waals surface area contributed by atoms with Crippen molar-refractivity contribution in [2.24, 2.45) is 0 Å². The van der Waals surface area contributed by atoms with Crippen molar-refractivity contribution < 1.29 is 14.7 Å². The van der Waals surface area contributed by atoms with E-state index in [1.807, 2.05) is 30.5 Å². The molecule has 0 aliphatic rings. The summed E-state index contributed by atoms with van der Waals surface area (Å²) < 4.78 is 0. The van der Waals surface area contributed by atoms with Gasteiger partial charge in [-0.1, -0.05) is 18.2 Å². The number of carbonyl (C=O) groups excluding carboxylic acids is 2. The zero-order valence-corrected chi connectivity index (χ0v) is 11.8. The molecule has 1 unspecified atom stereocenters. The summed E-state index contributed by atoms with van der Waals surface area (Å²) in [6.07, 6.45) is 2.24. The fraction of sp³-hybridized carbons (Fsp3) is 0.333. The molecular formula is C15H19N3O3. The summed E-state index contributed by atoms with van der Waals surface area (Å²) in [5.74, 6) is -0.566. The minimum absolute atomic E-state index is 0.133. The highest BCUT2D eigenvalue weighted by Crippen LogP contribution is 2.19. The lowest BCUT2D eigenvalue weighted by atomic mass is 10.0. The second kappa shape index (κ2) is 6.90. The number of aromatic amines is 1. The number of carbonyl (C=O) groups is 2. The van der Waals surface area contributed by atoms with Gasteiger partial charge in [-0.05, 0) is 11.6 Å². The first-order valence-corrected chi connectivity index (χ1v) is 6.82. The zero-order chi connectivity index (χ0) is 15.2. The standard InChI is InChI=1S/C15H19N3O3/c1-10(20)18-14(15(21)16-6-7-19)8-11-9-17-13-5-3-2-4-12(11)13/h2-5,9,14,17,19H,6-8H2,1H3,(H,16,21)(H,18,20). The predicted molar refractivity (Wildman–Crippen MR) is 79.7 cm³/mol. The molecule has 1 aromatic heterocycles. The van der Waals surface area contributed by atoms with Crippen LogP contribution >= 0.6 is 0 Å². The first-order valence-electron chi connectivity index (χ1n) is 6.82. The van der Waals surface area contributed by atoms with E-state index in [2.05, 4.69) is 15.6 Å². The van der Waals surface area contributed by atoms with Gasteiger partial charge in [0.1, 0.15) is 6.04 Å². The largest absolute Gasteiger partial charge is 0.395 e. The lowest BCUT2D eigenvalue weighted by Crippen LogP contribution is -2.47. The van der Waals surface area contributed by atoms with Crippen molar-refractivity contribution in [3.05, 3.63) is 36.0 Å². The number of rotatable bonds is 6. The molecule has 6 heteroatoms. The summed E-state index contributed by atoms with van der Waals surface area (Å²) in [5, 5.41) is 15.0. The Morgan fingerprint density at radius 1 is 1.33 bits per heavy atom. The van der Waals surface area contributed by atoms with Gasteiger partial charge in [0.25, 0.3) is 0 Å². The molecule has 2 amide bonds. The number of para-hydroxylation sites is 1. The van der Waals surface area contributed by atoms with E-state index in [4.69, 9.17) is 5.11 Å². The van der Waals surface area contributed by atoms with Crippen molar-refractivity contribution >= 4 is 22.7 Å². The summed E-state index contributed by atoms with van der Waals surface area (Å²) in [7, 11) is 0. The molecule has 4 N–H and O–H groups in total. The van der Waals surface area contributed by atoms with E-state index in [-0.39, 0.29) is 25.0 Å². The molecule has 1 atom stereocenters. The molecule has 0 saturated heterocycles. The molecule has 0 aliphatic carbocycles. The molecule has 2 rings (SSSR count). The molecular weight excluding hydrogens is 270 g/mol. The summed E-state index contributed by atoms with van der Waals surface area (Å²) >= 11 is 0. The molecule has 0 saturated carbocycles. The third-order valence-electron chi connectivity index (χ3n) is 3.20. The second-order valence-corrected chi connectivity index (χ2v) is 4.83. The van der Waals surface area contributed by atoms with Gasteiger partial charge in [-0.3, -0.25) is 9.59 Å². The number of hydrogen-bond donors (Lipinski definition) is 4. The number of fused-ring (bicyclic) bond motifs is 1. The van der Waals surface area contributed by atoms with Gasteiger partial charge < -0.3 is 20.7 Å². The number of aliphatic hydroxyl groups excluding tert-OH is 1. The van der Waals surface area contributed by atoms with E-state index < -0.39 is 6.04 Å². The topological polar surface area (TPSA) is 94.2 Å². The van der Waals surface area contributed by atoms with Gasteiger partial charge in [-0.15, -0.1) is 0 Å². The van der Waals surface area contributed by atoms with Crippen LogP contribution in [0.15, 0.2) is 30.5 Å². The minimum atomic E-state index is -0.659. The average molecular weight is 289 g/mol. The van der Waals surface area contributed by atoms with E-state index in [9.17, 15) is 9.59 Å². The quantitative estimate of drug-likeness (QED) is 0.617. The fourth-order valence-electron chi connectivity index (χ4n) is 2.28. The normalized spacial score (nSPS) is 12.1. The summed E-state index contributed by atoms with van der Waals surface area (Å²) in [4.78, 5) is 26.5. The molecule has 0 spiro atoms. The molecule has 0 aliphatic heterocycles. The van der Waals surface area contributed by atoms with Crippen LogP contribution in [-0.4, -0.2) is 41.1 Å². The first kappa shape index (κ1) is 15.1. The SMILES string of the molecule is CC(=O)NC(Cc1c[nH]c2ccccc12)C(=O)NCCO. The van der Waals surface area contributed by atoms with Crippen molar-refractivity contribution in [3.8, 4) is 0 Å². The van der Waals surface area contributed by atoms with Crippen LogP contribution < -0.4 is 10.6 Å². The van der Waals surface area contributed by atoms with Crippen LogP contribution in [0.1, 0.15) is 12.5 Å². The van der Waals surface area contributed by atoms with Crippen molar-refractivity contribution in [2.45, 2.75) is 19.4 Å². The highest BCUT2D eigenvalue weighted by molar-refractivity contribution is 5.89. The average Bonchev–Trinajstić information content (AvgIpc) is 2.87. The molecule has 21 heavy (non-hydrogen) atoms. The molecule has 0 bridgehead atoms. The van der Waals surface area contributed by atoms with E-state index >= 15 is 0 Å².